The minimum atomic E-state index is 0.154. The lowest BCUT2D eigenvalue weighted by atomic mass is 9.95. The number of guanidine groups is 1. The molecule has 0 aromatic heterocycles. The Morgan fingerprint density at radius 1 is 1.07 bits per heavy atom. The first-order valence-electron chi connectivity index (χ1n) is 11.3. The molecule has 2 fully saturated rings. The summed E-state index contributed by atoms with van der Waals surface area (Å²) in [5, 5.41) is 7.13. The Balaban J connectivity index is 1.38. The van der Waals surface area contributed by atoms with Crippen LogP contribution in [-0.4, -0.2) is 44.8 Å². The number of hydrogen-bond donors (Lipinski definition) is 2. The zero-order chi connectivity index (χ0) is 20.6. The topological polar surface area (TPSA) is 48.9 Å². The molecule has 2 aliphatic rings. The molecule has 2 aromatic carbocycles. The Morgan fingerprint density at radius 2 is 1.83 bits per heavy atom. The average Bonchev–Trinajstić information content (AvgIpc) is 3.28. The van der Waals surface area contributed by atoms with Gasteiger partial charge in [-0.05, 0) is 43.9 Å². The molecule has 2 saturated heterocycles. The molecule has 2 N–H and O–H groups in total. The van der Waals surface area contributed by atoms with Gasteiger partial charge in [-0.2, -0.15) is 0 Å². The Bertz CT molecular complexity index is 795. The highest BCUT2D eigenvalue weighted by atomic mass is 16.5. The van der Waals surface area contributed by atoms with Crippen LogP contribution in [0.4, 0.5) is 5.69 Å². The van der Waals surface area contributed by atoms with E-state index in [1.807, 2.05) is 0 Å². The standard InChI is InChI=1S/C25H34N4O/c1-2-26-25(27-18-21-15-17-30-24(21)20-10-5-3-6-11-20)28-22-12-9-16-29(19-22)23-13-7-4-8-14-23/h3-8,10-11,13-14,21-22,24H,2,9,12,15-19H2,1H3,(H2,26,27,28). The lowest BCUT2D eigenvalue weighted by Crippen LogP contribution is -2.51. The second kappa shape index (κ2) is 10.5. The Morgan fingerprint density at radius 3 is 2.60 bits per heavy atom. The van der Waals surface area contributed by atoms with Crippen LogP contribution in [0.3, 0.4) is 0 Å². The number of benzene rings is 2. The van der Waals surface area contributed by atoms with Crippen LogP contribution in [0.2, 0.25) is 0 Å². The third-order valence-electron chi connectivity index (χ3n) is 6.05. The summed E-state index contributed by atoms with van der Waals surface area (Å²) < 4.78 is 6.04. The molecule has 0 amide bonds. The zero-order valence-electron chi connectivity index (χ0n) is 18.0. The van der Waals surface area contributed by atoms with Crippen molar-refractivity contribution in [3.63, 3.8) is 0 Å². The van der Waals surface area contributed by atoms with Gasteiger partial charge in [0, 0.05) is 50.4 Å². The molecule has 0 radical (unpaired) electrons. The molecular weight excluding hydrogens is 372 g/mol. The molecular formula is C25H34N4O. The fourth-order valence-electron chi connectivity index (χ4n) is 4.52. The summed E-state index contributed by atoms with van der Waals surface area (Å²) in [6.07, 6.45) is 3.58. The van der Waals surface area contributed by atoms with Crippen LogP contribution in [0.15, 0.2) is 65.7 Å². The van der Waals surface area contributed by atoms with Crippen molar-refractivity contribution in [2.24, 2.45) is 10.9 Å². The first-order valence-corrected chi connectivity index (χ1v) is 11.3. The number of piperidine rings is 1. The summed E-state index contributed by atoms with van der Waals surface area (Å²) in [6.45, 7) is 6.72. The van der Waals surface area contributed by atoms with Crippen molar-refractivity contribution in [2.75, 3.05) is 37.7 Å². The van der Waals surface area contributed by atoms with Crippen LogP contribution >= 0.6 is 0 Å². The molecule has 160 valence electrons. The van der Waals surface area contributed by atoms with E-state index in [0.717, 1.165) is 45.2 Å². The monoisotopic (exact) mass is 406 g/mol. The smallest absolute Gasteiger partial charge is 0.191 e. The summed E-state index contributed by atoms with van der Waals surface area (Å²) in [6, 6.07) is 21.7. The maximum Gasteiger partial charge on any atom is 0.191 e. The number of nitrogens with one attached hydrogen (secondary N) is 2. The fourth-order valence-corrected chi connectivity index (χ4v) is 4.52. The number of para-hydroxylation sites is 1. The quantitative estimate of drug-likeness (QED) is 0.563. The van der Waals surface area contributed by atoms with E-state index in [1.54, 1.807) is 0 Å². The van der Waals surface area contributed by atoms with Crippen LogP contribution in [0.25, 0.3) is 0 Å². The van der Waals surface area contributed by atoms with E-state index in [4.69, 9.17) is 9.73 Å². The second-order valence-electron chi connectivity index (χ2n) is 8.24. The van der Waals surface area contributed by atoms with E-state index in [1.165, 1.54) is 24.1 Å². The molecule has 0 bridgehead atoms. The van der Waals surface area contributed by atoms with Crippen molar-refractivity contribution in [1.29, 1.82) is 0 Å². The van der Waals surface area contributed by atoms with Crippen molar-refractivity contribution in [1.82, 2.24) is 10.6 Å². The summed E-state index contributed by atoms with van der Waals surface area (Å²) >= 11 is 0. The number of nitrogens with zero attached hydrogens (tertiary/aromatic N) is 2. The molecule has 3 atom stereocenters. The molecule has 3 unspecified atom stereocenters. The Labute approximate surface area is 180 Å². The maximum absolute atomic E-state index is 6.04. The molecule has 4 rings (SSSR count). The third kappa shape index (κ3) is 5.33. The number of ether oxygens (including phenoxy) is 1. The normalized spacial score (nSPS) is 24.6. The Kier molecular flexibility index (Phi) is 7.25. The average molecular weight is 407 g/mol. The molecule has 30 heavy (non-hydrogen) atoms. The minimum absolute atomic E-state index is 0.154. The second-order valence-corrected chi connectivity index (χ2v) is 8.24. The van der Waals surface area contributed by atoms with Gasteiger partial charge in [-0.25, -0.2) is 0 Å². The highest BCUT2D eigenvalue weighted by molar-refractivity contribution is 5.80. The van der Waals surface area contributed by atoms with Crippen LogP contribution < -0.4 is 15.5 Å². The molecule has 0 aliphatic carbocycles. The molecule has 0 saturated carbocycles. The van der Waals surface area contributed by atoms with E-state index < -0.39 is 0 Å². The van der Waals surface area contributed by atoms with E-state index in [0.29, 0.717) is 12.0 Å². The van der Waals surface area contributed by atoms with Crippen molar-refractivity contribution in [2.45, 2.75) is 38.3 Å². The van der Waals surface area contributed by atoms with Gasteiger partial charge in [0.2, 0.25) is 0 Å². The van der Waals surface area contributed by atoms with Gasteiger partial charge >= 0.3 is 0 Å². The van der Waals surface area contributed by atoms with Crippen LogP contribution in [0.5, 0.6) is 0 Å². The molecule has 0 spiro atoms. The predicted molar refractivity (Wildman–Crippen MR) is 124 cm³/mol. The lowest BCUT2D eigenvalue weighted by Gasteiger charge is -2.35. The van der Waals surface area contributed by atoms with Gasteiger partial charge in [-0.15, -0.1) is 0 Å². The number of rotatable bonds is 6. The van der Waals surface area contributed by atoms with Gasteiger partial charge in [0.05, 0.1) is 6.10 Å². The van der Waals surface area contributed by atoms with Gasteiger partial charge in [-0.1, -0.05) is 48.5 Å². The molecule has 5 heteroatoms. The Hall–Kier alpha value is -2.53. The molecule has 2 aliphatic heterocycles. The van der Waals surface area contributed by atoms with Crippen molar-refractivity contribution >= 4 is 11.6 Å². The van der Waals surface area contributed by atoms with E-state index in [-0.39, 0.29) is 6.10 Å². The number of anilines is 1. The van der Waals surface area contributed by atoms with Gasteiger partial charge < -0.3 is 20.3 Å². The third-order valence-corrected chi connectivity index (χ3v) is 6.05. The van der Waals surface area contributed by atoms with Crippen LogP contribution in [0.1, 0.15) is 37.9 Å². The highest BCUT2D eigenvalue weighted by Crippen LogP contribution is 2.34. The molecule has 2 heterocycles. The summed E-state index contributed by atoms with van der Waals surface area (Å²) in [4.78, 5) is 7.43. The molecule has 5 nitrogen and oxygen atoms in total. The SMILES string of the molecule is CCNC(=NCC1CCOC1c1ccccc1)NC1CCCN(c2ccccc2)C1. The van der Waals surface area contributed by atoms with Crippen molar-refractivity contribution in [3.05, 3.63) is 66.2 Å². The summed E-state index contributed by atoms with van der Waals surface area (Å²) in [5.41, 5.74) is 2.57. The lowest BCUT2D eigenvalue weighted by molar-refractivity contribution is 0.0925. The van der Waals surface area contributed by atoms with Gasteiger partial charge in [0.15, 0.2) is 5.96 Å². The molecule has 2 aromatic rings. The predicted octanol–water partition coefficient (Wildman–Crippen LogP) is 3.99. The van der Waals surface area contributed by atoms with Gasteiger partial charge in [0.1, 0.15) is 0 Å². The van der Waals surface area contributed by atoms with Crippen molar-refractivity contribution in [3.8, 4) is 0 Å². The van der Waals surface area contributed by atoms with Crippen molar-refractivity contribution < 1.29 is 4.74 Å². The highest BCUT2D eigenvalue weighted by Gasteiger charge is 2.29. The van der Waals surface area contributed by atoms with E-state index in [2.05, 4.69) is 83.1 Å². The number of aliphatic imine (C=N–C) groups is 1. The van der Waals surface area contributed by atoms with E-state index >= 15 is 0 Å². The first-order chi connectivity index (χ1) is 14.8. The van der Waals surface area contributed by atoms with E-state index in [9.17, 15) is 0 Å². The van der Waals surface area contributed by atoms with Gasteiger partial charge in [-0.3, -0.25) is 4.99 Å². The largest absolute Gasteiger partial charge is 0.373 e. The first kappa shape index (κ1) is 20.7. The number of hydrogen-bond acceptors (Lipinski definition) is 3. The fraction of sp³-hybridized carbons (Fsp3) is 0.480. The summed E-state index contributed by atoms with van der Waals surface area (Å²) in [7, 11) is 0. The van der Waals surface area contributed by atoms with Crippen LogP contribution in [-0.2, 0) is 4.74 Å². The van der Waals surface area contributed by atoms with Gasteiger partial charge in [0.25, 0.3) is 0 Å². The summed E-state index contributed by atoms with van der Waals surface area (Å²) in [5.74, 6) is 1.35. The maximum atomic E-state index is 6.04. The minimum Gasteiger partial charge on any atom is -0.373 e. The zero-order valence-corrected chi connectivity index (χ0v) is 18.0. The van der Waals surface area contributed by atoms with Crippen LogP contribution in [0, 0.1) is 5.92 Å².